The molecule has 0 fully saturated rings. The third-order valence-electron chi connectivity index (χ3n) is 3.32. The average Bonchev–Trinajstić information content (AvgIpc) is 3.25. The van der Waals surface area contributed by atoms with E-state index in [2.05, 4.69) is 10.3 Å². The van der Waals surface area contributed by atoms with Crippen LogP contribution in [0.1, 0.15) is 10.4 Å². The third-order valence-corrected chi connectivity index (χ3v) is 5.96. The number of hydrogen-bond acceptors (Lipinski definition) is 6. The van der Waals surface area contributed by atoms with Crippen LogP contribution in [0, 0.1) is 0 Å². The molecule has 8 heteroatoms. The van der Waals surface area contributed by atoms with Gasteiger partial charge in [-0.25, -0.2) is 13.4 Å². The SMILES string of the molecule is CS(=O)(=O)c1ccc(/C(=C\c2cccs2)C(=O)Nc2nccs2)cc1. The van der Waals surface area contributed by atoms with Gasteiger partial charge in [-0.15, -0.1) is 22.7 Å². The predicted octanol–water partition coefficient (Wildman–Crippen LogP) is 3.79. The van der Waals surface area contributed by atoms with Gasteiger partial charge in [0, 0.05) is 28.3 Å². The quantitative estimate of drug-likeness (QED) is 0.673. The summed E-state index contributed by atoms with van der Waals surface area (Å²) in [6.45, 7) is 0. The van der Waals surface area contributed by atoms with Crippen LogP contribution in [0.2, 0.25) is 0 Å². The second-order valence-corrected chi connectivity index (χ2v) is 9.05. The van der Waals surface area contributed by atoms with Gasteiger partial charge in [-0.3, -0.25) is 10.1 Å². The maximum Gasteiger partial charge on any atom is 0.258 e. The van der Waals surface area contributed by atoms with Crippen molar-refractivity contribution in [3.05, 3.63) is 63.8 Å². The molecule has 0 bridgehead atoms. The largest absolute Gasteiger partial charge is 0.298 e. The summed E-state index contributed by atoms with van der Waals surface area (Å²) < 4.78 is 23.2. The Labute approximate surface area is 153 Å². The van der Waals surface area contributed by atoms with E-state index in [0.29, 0.717) is 16.3 Å². The van der Waals surface area contributed by atoms with E-state index in [1.807, 2.05) is 17.5 Å². The van der Waals surface area contributed by atoms with Crippen molar-refractivity contribution in [2.24, 2.45) is 0 Å². The standard InChI is InChI=1S/C17H14N2O3S3/c1-25(21,22)14-6-4-12(5-7-14)15(11-13-3-2-9-23-13)16(20)19-17-18-8-10-24-17/h2-11H,1H3,(H,18,19,20)/b15-11+. The van der Waals surface area contributed by atoms with Crippen molar-refractivity contribution < 1.29 is 13.2 Å². The zero-order valence-electron chi connectivity index (χ0n) is 13.2. The van der Waals surface area contributed by atoms with E-state index in [1.54, 1.807) is 29.8 Å². The van der Waals surface area contributed by atoms with Crippen molar-refractivity contribution in [3.8, 4) is 0 Å². The third kappa shape index (κ3) is 4.41. The number of sulfone groups is 1. The second-order valence-electron chi connectivity index (χ2n) is 5.16. The first kappa shape index (κ1) is 17.5. The molecule has 3 rings (SSSR count). The molecule has 1 amide bonds. The van der Waals surface area contributed by atoms with Gasteiger partial charge >= 0.3 is 0 Å². The molecule has 5 nitrogen and oxygen atoms in total. The van der Waals surface area contributed by atoms with E-state index in [9.17, 15) is 13.2 Å². The maximum absolute atomic E-state index is 12.7. The van der Waals surface area contributed by atoms with Gasteiger partial charge in [-0.05, 0) is 35.2 Å². The predicted molar refractivity (Wildman–Crippen MR) is 102 cm³/mol. The van der Waals surface area contributed by atoms with Gasteiger partial charge in [0.25, 0.3) is 5.91 Å². The van der Waals surface area contributed by atoms with E-state index in [0.717, 1.165) is 11.1 Å². The lowest BCUT2D eigenvalue weighted by atomic mass is 10.0. The Kier molecular flexibility index (Phi) is 5.12. The monoisotopic (exact) mass is 390 g/mol. The van der Waals surface area contributed by atoms with Crippen molar-refractivity contribution in [1.82, 2.24) is 4.98 Å². The molecule has 0 aliphatic heterocycles. The number of aromatic nitrogens is 1. The number of rotatable bonds is 5. The molecule has 0 atom stereocenters. The van der Waals surface area contributed by atoms with E-state index < -0.39 is 9.84 Å². The van der Waals surface area contributed by atoms with Crippen molar-refractivity contribution in [1.29, 1.82) is 0 Å². The minimum absolute atomic E-state index is 0.215. The van der Waals surface area contributed by atoms with E-state index >= 15 is 0 Å². The molecule has 1 N–H and O–H groups in total. The molecule has 0 aliphatic carbocycles. The molecular weight excluding hydrogens is 376 g/mol. The van der Waals surface area contributed by atoms with Gasteiger partial charge in [0.05, 0.1) is 4.90 Å². The summed E-state index contributed by atoms with van der Waals surface area (Å²) in [5, 5.41) is 6.98. The van der Waals surface area contributed by atoms with Crippen LogP contribution in [0.4, 0.5) is 5.13 Å². The number of amides is 1. The average molecular weight is 391 g/mol. The van der Waals surface area contributed by atoms with E-state index in [4.69, 9.17) is 0 Å². The lowest BCUT2D eigenvalue weighted by Gasteiger charge is -2.08. The summed E-state index contributed by atoms with van der Waals surface area (Å²) in [6.07, 6.45) is 4.55. The zero-order valence-corrected chi connectivity index (χ0v) is 15.6. The maximum atomic E-state index is 12.7. The lowest BCUT2D eigenvalue weighted by Crippen LogP contribution is -2.13. The molecule has 2 heterocycles. The Morgan fingerprint density at radius 1 is 1.12 bits per heavy atom. The van der Waals surface area contributed by atoms with Gasteiger partial charge in [-0.1, -0.05) is 18.2 Å². The van der Waals surface area contributed by atoms with Crippen molar-refractivity contribution in [2.75, 3.05) is 11.6 Å². The molecule has 0 saturated heterocycles. The Balaban J connectivity index is 1.98. The second kappa shape index (κ2) is 7.30. The van der Waals surface area contributed by atoms with Crippen LogP contribution >= 0.6 is 22.7 Å². The number of nitrogens with zero attached hydrogens (tertiary/aromatic N) is 1. The highest BCUT2D eigenvalue weighted by Crippen LogP contribution is 2.24. The first-order valence-corrected chi connectivity index (χ1v) is 10.8. The highest BCUT2D eigenvalue weighted by atomic mass is 32.2. The molecule has 0 spiro atoms. The minimum Gasteiger partial charge on any atom is -0.298 e. The van der Waals surface area contributed by atoms with Gasteiger partial charge in [0.15, 0.2) is 15.0 Å². The van der Waals surface area contributed by atoms with Crippen LogP contribution in [0.25, 0.3) is 11.6 Å². The van der Waals surface area contributed by atoms with Crippen LogP contribution in [0.3, 0.4) is 0 Å². The van der Waals surface area contributed by atoms with Crippen LogP contribution in [-0.2, 0) is 14.6 Å². The summed E-state index contributed by atoms with van der Waals surface area (Å²) >= 11 is 2.84. The van der Waals surface area contributed by atoms with Gasteiger partial charge in [0.1, 0.15) is 0 Å². The summed E-state index contributed by atoms with van der Waals surface area (Å²) in [4.78, 5) is 17.9. The first-order chi connectivity index (χ1) is 11.9. The number of thiophene rings is 1. The van der Waals surface area contributed by atoms with Gasteiger partial charge in [-0.2, -0.15) is 0 Å². The number of anilines is 1. The summed E-state index contributed by atoms with van der Waals surface area (Å²) in [6, 6.07) is 10.1. The number of hydrogen-bond donors (Lipinski definition) is 1. The molecule has 0 radical (unpaired) electrons. The van der Waals surface area contributed by atoms with Gasteiger partial charge in [0.2, 0.25) is 0 Å². The molecule has 128 valence electrons. The highest BCUT2D eigenvalue weighted by Gasteiger charge is 2.15. The fourth-order valence-electron chi connectivity index (χ4n) is 2.13. The molecular formula is C17H14N2O3S3. The fraction of sp³-hybridized carbons (Fsp3) is 0.0588. The Bertz CT molecular complexity index is 988. The zero-order chi connectivity index (χ0) is 17.9. The molecule has 0 unspecified atom stereocenters. The van der Waals surface area contributed by atoms with Crippen LogP contribution in [0.5, 0.6) is 0 Å². The van der Waals surface area contributed by atoms with Crippen molar-refractivity contribution >= 4 is 55.2 Å². The number of thiazole rings is 1. The lowest BCUT2D eigenvalue weighted by molar-refractivity contribution is -0.111. The number of nitrogens with one attached hydrogen (secondary N) is 1. The van der Waals surface area contributed by atoms with E-state index in [1.165, 1.54) is 34.8 Å². The Hall–Kier alpha value is -2.29. The van der Waals surface area contributed by atoms with Crippen LogP contribution < -0.4 is 5.32 Å². The normalized spacial score (nSPS) is 12.1. The molecule has 0 saturated carbocycles. The molecule has 25 heavy (non-hydrogen) atoms. The van der Waals surface area contributed by atoms with Crippen molar-refractivity contribution in [2.45, 2.75) is 4.90 Å². The highest BCUT2D eigenvalue weighted by molar-refractivity contribution is 7.90. The minimum atomic E-state index is -3.28. The summed E-state index contributed by atoms with van der Waals surface area (Å²) in [5.41, 5.74) is 1.08. The number of carbonyl (C=O) groups is 1. The molecule has 3 aromatic rings. The van der Waals surface area contributed by atoms with Crippen molar-refractivity contribution in [3.63, 3.8) is 0 Å². The molecule has 0 aliphatic rings. The Morgan fingerprint density at radius 3 is 2.44 bits per heavy atom. The summed E-state index contributed by atoms with van der Waals surface area (Å²) in [7, 11) is -3.28. The summed E-state index contributed by atoms with van der Waals surface area (Å²) in [5.74, 6) is -0.296. The smallest absolute Gasteiger partial charge is 0.258 e. The topological polar surface area (TPSA) is 76.1 Å². The Morgan fingerprint density at radius 2 is 1.88 bits per heavy atom. The van der Waals surface area contributed by atoms with Crippen LogP contribution in [-0.4, -0.2) is 25.6 Å². The molecule has 1 aromatic carbocycles. The number of benzene rings is 1. The first-order valence-electron chi connectivity index (χ1n) is 7.20. The fourth-order valence-corrected chi connectivity index (χ4v) is 3.94. The van der Waals surface area contributed by atoms with E-state index in [-0.39, 0.29) is 10.8 Å². The number of carbonyl (C=O) groups excluding carboxylic acids is 1. The van der Waals surface area contributed by atoms with Crippen LogP contribution in [0.15, 0.2) is 58.3 Å². The van der Waals surface area contributed by atoms with Gasteiger partial charge < -0.3 is 0 Å². The molecule has 2 aromatic heterocycles.